The zero-order valence-electron chi connectivity index (χ0n) is 4.59. The minimum Gasteiger partial charge on any atom is -0.261 e. The van der Waals surface area contributed by atoms with Crippen molar-refractivity contribution in [3.63, 3.8) is 0 Å². The second-order valence-electron chi connectivity index (χ2n) is 1.48. The van der Waals surface area contributed by atoms with Crippen LogP contribution in [0.5, 0.6) is 0 Å². The van der Waals surface area contributed by atoms with E-state index in [1.54, 1.807) is 6.20 Å². The highest BCUT2D eigenvalue weighted by atomic mass is 14.6. The van der Waals surface area contributed by atoms with Gasteiger partial charge in [-0.05, 0) is 19.4 Å². The molecular weight excluding hydrogens is 98.1 g/mol. The first-order chi connectivity index (χ1) is 3.93. The number of aromatic nitrogens is 1. The number of nitrogens with zero attached hydrogens (tertiary/aromatic N) is 1. The molecule has 40 valence electrons. The summed E-state index contributed by atoms with van der Waals surface area (Å²) >= 11 is 0. The molecule has 0 bridgehead atoms. The largest absolute Gasteiger partial charge is 0.261 e. The smallest absolute Gasteiger partial charge is 0.0482 e. The first-order valence-corrected chi connectivity index (χ1v) is 2.54. The quantitative estimate of drug-likeness (QED) is 0.524. The summed E-state index contributed by atoms with van der Waals surface area (Å²) in [7, 11) is 0. The molecule has 1 heterocycles. The van der Waals surface area contributed by atoms with E-state index in [-0.39, 0.29) is 0 Å². The fourth-order valence-electron chi connectivity index (χ4n) is 0.494. The van der Waals surface area contributed by atoms with E-state index in [0.29, 0.717) is 0 Å². The maximum atomic E-state index is 3.98. The van der Waals surface area contributed by atoms with Crippen molar-refractivity contribution in [1.29, 1.82) is 0 Å². The summed E-state index contributed by atoms with van der Waals surface area (Å²) in [6, 6.07) is 6.63. The van der Waals surface area contributed by atoms with Crippen LogP contribution < -0.4 is 0 Å². The monoisotopic (exact) mass is 105 g/mol. The molecule has 0 saturated carbocycles. The second-order valence-corrected chi connectivity index (χ2v) is 1.48. The summed E-state index contributed by atoms with van der Waals surface area (Å²) in [6.45, 7) is 3.66. The molecule has 1 aromatic rings. The molecule has 0 atom stereocenters. The van der Waals surface area contributed by atoms with Crippen molar-refractivity contribution in [2.24, 2.45) is 0 Å². The maximum Gasteiger partial charge on any atom is 0.0482 e. The van der Waals surface area contributed by atoms with E-state index in [1.165, 1.54) is 0 Å². The number of pyridine rings is 1. The van der Waals surface area contributed by atoms with Crippen LogP contribution in [0.15, 0.2) is 18.3 Å². The molecule has 1 rings (SSSR count). The van der Waals surface area contributed by atoms with E-state index in [4.69, 9.17) is 0 Å². The van der Waals surface area contributed by atoms with Crippen LogP contribution in [0.2, 0.25) is 0 Å². The number of rotatable bonds is 1. The molecule has 1 heteroatoms. The van der Waals surface area contributed by atoms with Crippen molar-refractivity contribution >= 4 is 0 Å². The zero-order chi connectivity index (χ0) is 5.82. The Balaban J connectivity index is 2.83. The van der Waals surface area contributed by atoms with Gasteiger partial charge in [-0.25, -0.2) is 0 Å². The predicted molar refractivity (Wildman–Crippen MR) is 32.1 cm³/mol. The molecule has 1 aromatic heterocycles. The van der Waals surface area contributed by atoms with Gasteiger partial charge in [-0.15, -0.1) is 0 Å². The van der Waals surface area contributed by atoms with Crippen molar-refractivity contribution in [2.75, 3.05) is 0 Å². The molecule has 8 heavy (non-hydrogen) atoms. The maximum absolute atomic E-state index is 3.98. The van der Waals surface area contributed by atoms with Crippen LogP contribution in [0.1, 0.15) is 5.69 Å². The minimum atomic E-state index is 0.723. The van der Waals surface area contributed by atoms with Gasteiger partial charge in [0.1, 0.15) is 0 Å². The average molecular weight is 105 g/mol. The van der Waals surface area contributed by atoms with Gasteiger partial charge in [-0.1, -0.05) is 6.07 Å². The summed E-state index contributed by atoms with van der Waals surface area (Å²) in [5.41, 5.74) is 0.924. The van der Waals surface area contributed by atoms with E-state index in [0.717, 1.165) is 12.1 Å². The molecular formula is C7H7N. The third kappa shape index (κ3) is 1.06. The Morgan fingerprint density at radius 2 is 2.62 bits per heavy atom. The van der Waals surface area contributed by atoms with Crippen LogP contribution in [-0.2, 0) is 6.42 Å². The van der Waals surface area contributed by atoms with E-state index in [1.807, 2.05) is 12.1 Å². The molecule has 0 N–H and O–H groups in total. The molecule has 0 aromatic carbocycles. The molecule has 0 aliphatic heterocycles. The summed E-state index contributed by atoms with van der Waals surface area (Å²) in [6.07, 6.45) is 2.47. The van der Waals surface area contributed by atoms with Crippen LogP contribution in [-0.4, -0.2) is 4.98 Å². The summed E-state index contributed by atoms with van der Waals surface area (Å²) in [4.78, 5) is 3.98. The second kappa shape index (κ2) is 2.46. The SMILES string of the molecule is [CH2]Cc1[c]cccn1. The first kappa shape index (κ1) is 5.29. The lowest BCUT2D eigenvalue weighted by Crippen LogP contribution is -1.82. The summed E-state index contributed by atoms with van der Waals surface area (Å²) in [5, 5.41) is 0. The van der Waals surface area contributed by atoms with Crippen molar-refractivity contribution in [3.8, 4) is 0 Å². The molecule has 0 amide bonds. The topological polar surface area (TPSA) is 12.9 Å². The highest BCUT2D eigenvalue weighted by molar-refractivity contribution is 5.01. The lowest BCUT2D eigenvalue weighted by atomic mass is 10.3. The van der Waals surface area contributed by atoms with Crippen molar-refractivity contribution in [2.45, 2.75) is 6.42 Å². The van der Waals surface area contributed by atoms with Crippen molar-refractivity contribution < 1.29 is 0 Å². The Morgan fingerprint density at radius 3 is 3.00 bits per heavy atom. The third-order valence-corrected chi connectivity index (χ3v) is 0.899. The fraction of sp³-hybridized carbons (Fsp3) is 0.143. The Hall–Kier alpha value is -0.850. The molecule has 0 aliphatic carbocycles. The van der Waals surface area contributed by atoms with Gasteiger partial charge in [-0.3, -0.25) is 4.98 Å². The average Bonchev–Trinajstić information content (AvgIpc) is 1.90. The Morgan fingerprint density at radius 1 is 1.75 bits per heavy atom. The third-order valence-electron chi connectivity index (χ3n) is 0.899. The van der Waals surface area contributed by atoms with Crippen molar-refractivity contribution in [1.82, 2.24) is 4.98 Å². The van der Waals surface area contributed by atoms with Gasteiger partial charge in [0.05, 0.1) is 0 Å². The molecule has 0 saturated heterocycles. The molecule has 0 fully saturated rings. The highest BCUT2D eigenvalue weighted by Gasteiger charge is 1.82. The van der Waals surface area contributed by atoms with Gasteiger partial charge in [0.25, 0.3) is 0 Å². The van der Waals surface area contributed by atoms with Gasteiger partial charge in [0.15, 0.2) is 0 Å². The van der Waals surface area contributed by atoms with Gasteiger partial charge in [0, 0.05) is 18.0 Å². The van der Waals surface area contributed by atoms with Crippen LogP contribution in [0.25, 0.3) is 0 Å². The van der Waals surface area contributed by atoms with Gasteiger partial charge in [-0.2, -0.15) is 0 Å². The molecule has 0 unspecified atom stereocenters. The lowest BCUT2D eigenvalue weighted by Gasteiger charge is -1.87. The predicted octanol–water partition coefficient (Wildman–Crippen LogP) is 1.26. The summed E-state index contributed by atoms with van der Waals surface area (Å²) in [5.74, 6) is 0. The lowest BCUT2D eigenvalue weighted by molar-refractivity contribution is 1.10. The molecule has 0 spiro atoms. The normalized spacial score (nSPS) is 9.12. The molecule has 0 aliphatic rings. The van der Waals surface area contributed by atoms with Crippen LogP contribution in [0, 0.1) is 13.0 Å². The Bertz CT molecular complexity index is 146. The standard InChI is InChI=1S/C7H7N/c1-2-7-5-3-4-6-8-7/h3-4,6H,1-2H2. The number of hydrogen-bond donors (Lipinski definition) is 0. The van der Waals surface area contributed by atoms with Crippen LogP contribution >= 0.6 is 0 Å². The van der Waals surface area contributed by atoms with Gasteiger partial charge < -0.3 is 0 Å². The molecule has 2 radical (unpaired) electrons. The highest BCUT2D eigenvalue weighted by Crippen LogP contribution is 1.89. The van der Waals surface area contributed by atoms with Crippen LogP contribution in [0.4, 0.5) is 0 Å². The van der Waals surface area contributed by atoms with E-state index in [9.17, 15) is 0 Å². The Labute approximate surface area is 49.4 Å². The van der Waals surface area contributed by atoms with E-state index >= 15 is 0 Å². The van der Waals surface area contributed by atoms with Crippen molar-refractivity contribution in [3.05, 3.63) is 37.0 Å². The Kier molecular flexibility index (Phi) is 1.62. The van der Waals surface area contributed by atoms with E-state index < -0.39 is 0 Å². The zero-order valence-corrected chi connectivity index (χ0v) is 4.59. The minimum absolute atomic E-state index is 0.723. The number of hydrogen-bond acceptors (Lipinski definition) is 1. The van der Waals surface area contributed by atoms with Gasteiger partial charge >= 0.3 is 0 Å². The molecule has 1 nitrogen and oxygen atoms in total. The summed E-state index contributed by atoms with van der Waals surface area (Å²) < 4.78 is 0. The van der Waals surface area contributed by atoms with Gasteiger partial charge in [0.2, 0.25) is 0 Å². The van der Waals surface area contributed by atoms with E-state index in [2.05, 4.69) is 18.0 Å². The first-order valence-electron chi connectivity index (χ1n) is 2.54. The fourth-order valence-corrected chi connectivity index (χ4v) is 0.494. The van der Waals surface area contributed by atoms with Crippen LogP contribution in [0.3, 0.4) is 0 Å².